The van der Waals surface area contributed by atoms with Gasteiger partial charge in [-0.2, -0.15) is 0 Å². The van der Waals surface area contributed by atoms with Crippen LogP contribution in [0, 0.1) is 5.92 Å². The summed E-state index contributed by atoms with van der Waals surface area (Å²) in [6.07, 6.45) is 8.49. The van der Waals surface area contributed by atoms with Crippen LogP contribution in [0.15, 0.2) is 0 Å². The van der Waals surface area contributed by atoms with Gasteiger partial charge in [-0.1, -0.05) is 19.8 Å². The third kappa shape index (κ3) is 5.05. The Morgan fingerprint density at radius 1 is 1.21 bits per heavy atom. The molecule has 0 bridgehead atoms. The van der Waals surface area contributed by atoms with E-state index in [2.05, 4.69) is 24.1 Å². The van der Waals surface area contributed by atoms with E-state index in [9.17, 15) is 0 Å². The van der Waals surface area contributed by atoms with Gasteiger partial charge in [-0.3, -0.25) is 0 Å². The monoisotopic (exact) mass is 268 g/mol. The molecule has 3 unspecified atom stereocenters. The van der Waals surface area contributed by atoms with E-state index in [1.165, 1.54) is 58.2 Å². The molecule has 0 aromatic rings. The Morgan fingerprint density at radius 2 is 2.05 bits per heavy atom. The van der Waals surface area contributed by atoms with Crippen molar-refractivity contribution in [3.05, 3.63) is 0 Å². The first-order chi connectivity index (χ1) is 9.29. The zero-order valence-corrected chi connectivity index (χ0v) is 12.9. The summed E-state index contributed by atoms with van der Waals surface area (Å²) in [4.78, 5) is 2.65. The molecular weight excluding hydrogens is 236 g/mol. The Morgan fingerprint density at radius 3 is 2.89 bits per heavy atom. The van der Waals surface area contributed by atoms with E-state index in [1.54, 1.807) is 0 Å². The number of ether oxygens (including phenoxy) is 1. The summed E-state index contributed by atoms with van der Waals surface area (Å²) in [6.45, 7) is 10.2. The number of rotatable bonds is 5. The van der Waals surface area contributed by atoms with E-state index >= 15 is 0 Å². The highest BCUT2D eigenvalue weighted by Gasteiger charge is 2.27. The molecule has 1 heterocycles. The van der Waals surface area contributed by atoms with Gasteiger partial charge in [0.2, 0.25) is 0 Å². The van der Waals surface area contributed by atoms with Crippen molar-refractivity contribution >= 4 is 0 Å². The lowest BCUT2D eigenvalue weighted by molar-refractivity contribution is 0.0627. The average molecular weight is 268 g/mol. The Kier molecular flexibility index (Phi) is 6.62. The normalized spacial score (nSPS) is 34.1. The average Bonchev–Trinajstić information content (AvgIpc) is 2.62. The van der Waals surface area contributed by atoms with Crippen molar-refractivity contribution in [1.82, 2.24) is 10.2 Å². The Labute approximate surface area is 119 Å². The van der Waals surface area contributed by atoms with Crippen LogP contribution in [-0.2, 0) is 4.74 Å². The van der Waals surface area contributed by atoms with Crippen molar-refractivity contribution in [3.63, 3.8) is 0 Å². The molecule has 1 saturated carbocycles. The van der Waals surface area contributed by atoms with E-state index in [4.69, 9.17) is 4.74 Å². The smallest absolute Gasteiger partial charge is 0.0673 e. The van der Waals surface area contributed by atoms with Crippen molar-refractivity contribution in [2.75, 3.05) is 32.8 Å². The van der Waals surface area contributed by atoms with Crippen molar-refractivity contribution in [2.45, 2.75) is 64.5 Å². The van der Waals surface area contributed by atoms with E-state index in [0.29, 0.717) is 6.10 Å². The molecular formula is C16H32N2O. The lowest BCUT2D eigenvalue weighted by Crippen LogP contribution is -2.45. The zero-order chi connectivity index (χ0) is 13.5. The van der Waals surface area contributed by atoms with Gasteiger partial charge in [0.1, 0.15) is 0 Å². The maximum atomic E-state index is 5.76. The van der Waals surface area contributed by atoms with Crippen LogP contribution in [0.3, 0.4) is 0 Å². The van der Waals surface area contributed by atoms with Crippen LogP contribution in [-0.4, -0.2) is 49.8 Å². The third-order valence-electron chi connectivity index (χ3n) is 4.59. The standard InChI is InChI=1S/C16H32N2O/c1-3-9-17-16-8-5-4-7-15(16)13-18-10-6-11-19-14(2)12-18/h14-17H,3-13H2,1-2H3. The maximum absolute atomic E-state index is 5.76. The summed E-state index contributed by atoms with van der Waals surface area (Å²) < 4.78 is 5.76. The summed E-state index contributed by atoms with van der Waals surface area (Å²) >= 11 is 0. The first-order valence-electron chi connectivity index (χ1n) is 8.37. The molecule has 2 aliphatic rings. The highest BCUT2D eigenvalue weighted by Crippen LogP contribution is 2.26. The fraction of sp³-hybridized carbons (Fsp3) is 1.00. The van der Waals surface area contributed by atoms with Gasteiger partial charge < -0.3 is 15.0 Å². The zero-order valence-electron chi connectivity index (χ0n) is 12.9. The predicted octanol–water partition coefficient (Wildman–Crippen LogP) is 2.66. The summed E-state index contributed by atoms with van der Waals surface area (Å²) in [5.41, 5.74) is 0. The minimum Gasteiger partial charge on any atom is -0.377 e. The molecule has 0 aromatic carbocycles. The van der Waals surface area contributed by atoms with Crippen LogP contribution in [0.2, 0.25) is 0 Å². The molecule has 3 atom stereocenters. The lowest BCUT2D eigenvalue weighted by Gasteiger charge is -2.36. The van der Waals surface area contributed by atoms with Gasteiger partial charge in [0, 0.05) is 32.3 Å². The van der Waals surface area contributed by atoms with Crippen LogP contribution in [0.5, 0.6) is 0 Å². The summed E-state index contributed by atoms with van der Waals surface area (Å²) in [6, 6.07) is 0.758. The van der Waals surface area contributed by atoms with Gasteiger partial charge in [0.05, 0.1) is 6.10 Å². The van der Waals surface area contributed by atoms with E-state index < -0.39 is 0 Å². The highest BCUT2D eigenvalue weighted by molar-refractivity contribution is 4.84. The molecule has 2 rings (SSSR count). The molecule has 19 heavy (non-hydrogen) atoms. The quantitative estimate of drug-likeness (QED) is 0.829. The Balaban J connectivity index is 1.83. The summed E-state index contributed by atoms with van der Waals surface area (Å²) in [5.74, 6) is 0.852. The van der Waals surface area contributed by atoms with Gasteiger partial charge in [0.15, 0.2) is 0 Å². The fourth-order valence-corrected chi connectivity index (χ4v) is 3.60. The Hall–Kier alpha value is -0.120. The van der Waals surface area contributed by atoms with Gasteiger partial charge in [0.25, 0.3) is 0 Å². The lowest BCUT2D eigenvalue weighted by atomic mass is 9.84. The molecule has 3 heteroatoms. The molecule has 1 saturated heterocycles. The predicted molar refractivity (Wildman–Crippen MR) is 80.5 cm³/mol. The van der Waals surface area contributed by atoms with Crippen molar-refractivity contribution < 1.29 is 4.74 Å². The van der Waals surface area contributed by atoms with Crippen LogP contribution in [0.4, 0.5) is 0 Å². The highest BCUT2D eigenvalue weighted by atomic mass is 16.5. The SMILES string of the molecule is CCCNC1CCCCC1CN1CCCOC(C)C1. The van der Waals surface area contributed by atoms with Gasteiger partial charge in [-0.25, -0.2) is 0 Å². The topological polar surface area (TPSA) is 24.5 Å². The number of nitrogens with one attached hydrogen (secondary N) is 1. The number of hydrogen-bond acceptors (Lipinski definition) is 3. The van der Waals surface area contributed by atoms with Crippen molar-refractivity contribution in [2.24, 2.45) is 5.92 Å². The minimum absolute atomic E-state index is 0.410. The molecule has 0 aromatic heterocycles. The molecule has 0 amide bonds. The molecule has 2 fully saturated rings. The van der Waals surface area contributed by atoms with E-state index in [-0.39, 0.29) is 0 Å². The second kappa shape index (κ2) is 8.23. The van der Waals surface area contributed by atoms with Crippen molar-refractivity contribution in [1.29, 1.82) is 0 Å². The second-order valence-electron chi connectivity index (χ2n) is 6.40. The Bertz CT molecular complexity index is 247. The minimum atomic E-state index is 0.410. The largest absolute Gasteiger partial charge is 0.377 e. The molecule has 3 nitrogen and oxygen atoms in total. The first-order valence-corrected chi connectivity index (χ1v) is 8.37. The van der Waals surface area contributed by atoms with Crippen molar-refractivity contribution in [3.8, 4) is 0 Å². The second-order valence-corrected chi connectivity index (χ2v) is 6.40. The summed E-state index contributed by atoms with van der Waals surface area (Å²) in [7, 11) is 0. The van der Waals surface area contributed by atoms with Crippen LogP contribution >= 0.6 is 0 Å². The van der Waals surface area contributed by atoms with Crippen LogP contribution in [0.1, 0.15) is 52.4 Å². The fourth-order valence-electron chi connectivity index (χ4n) is 3.60. The van der Waals surface area contributed by atoms with Gasteiger partial charge in [-0.15, -0.1) is 0 Å². The number of hydrogen-bond donors (Lipinski definition) is 1. The van der Waals surface area contributed by atoms with Crippen LogP contribution < -0.4 is 5.32 Å². The maximum Gasteiger partial charge on any atom is 0.0673 e. The summed E-state index contributed by atoms with van der Waals surface area (Å²) in [5, 5.41) is 3.78. The third-order valence-corrected chi connectivity index (χ3v) is 4.59. The molecule has 1 aliphatic heterocycles. The molecule has 112 valence electrons. The molecule has 1 aliphatic carbocycles. The van der Waals surface area contributed by atoms with Gasteiger partial charge in [-0.05, 0) is 45.1 Å². The van der Waals surface area contributed by atoms with Crippen LogP contribution in [0.25, 0.3) is 0 Å². The van der Waals surface area contributed by atoms with Gasteiger partial charge >= 0.3 is 0 Å². The first kappa shape index (κ1) is 15.3. The number of nitrogens with zero attached hydrogens (tertiary/aromatic N) is 1. The molecule has 0 spiro atoms. The van der Waals surface area contributed by atoms with E-state index in [0.717, 1.165) is 25.1 Å². The molecule has 0 radical (unpaired) electrons. The molecule has 1 N–H and O–H groups in total. The van der Waals surface area contributed by atoms with E-state index in [1.807, 2.05) is 0 Å².